The van der Waals surface area contributed by atoms with Gasteiger partial charge >= 0.3 is 21.5 Å². The molecule has 0 saturated heterocycles. The van der Waals surface area contributed by atoms with E-state index in [0.29, 0.717) is 19.3 Å². The second kappa shape index (κ2) is 7.79. The minimum absolute atomic E-state index is 0.382. The summed E-state index contributed by atoms with van der Waals surface area (Å²) in [5.41, 5.74) is -6.15. The molecule has 0 aromatic heterocycles. The van der Waals surface area contributed by atoms with E-state index in [1.54, 1.807) is 19.9 Å². The summed E-state index contributed by atoms with van der Waals surface area (Å²) < 4.78 is 63.8. The Labute approximate surface area is 122 Å². The van der Waals surface area contributed by atoms with Crippen LogP contribution in [0, 0.1) is 5.41 Å². The maximum atomic E-state index is 12.0. The van der Waals surface area contributed by atoms with Crippen molar-refractivity contribution in [3.8, 4) is 0 Å². The van der Waals surface area contributed by atoms with Crippen molar-refractivity contribution in [1.82, 2.24) is 4.72 Å². The highest BCUT2D eigenvalue weighted by molar-refractivity contribution is 7.90. The monoisotopic (exact) mass is 331 g/mol. The standard InChI is InChI=1S/C12H20F3NO4S/c1-4-7-11(5-2,6-3)10(17)20-9-8-16-21(18,19)12(13,14)15/h4,16H,1,5-9H2,2-3H3. The van der Waals surface area contributed by atoms with Crippen molar-refractivity contribution < 1.29 is 31.1 Å². The molecule has 124 valence electrons. The number of carbonyl (C=O) groups excluding carboxylic acids is 1. The van der Waals surface area contributed by atoms with Gasteiger partial charge in [-0.25, -0.2) is 13.1 Å². The highest BCUT2D eigenvalue weighted by atomic mass is 32.2. The molecule has 21 heavy (non-hydrogen) atoms. The van der Waals surface area contributed by atoms with E-state index >= 15 is 0 Å². The molecule has 0 radical (unpaired) electrons. The Balaban J connectivity index is 4.48. The van der Waals surface area contributed by atoms with Crippen LogP contribution in [0.3, 0.4) is 0 Å². The van der Waals surface area contributed by atoms with E-state index < -0.39 is 40.1 Å². The molecule has 0 aliphatic carbocycles. The first-order valence-electron chi connectivity index (χ1n) is 6.40. The van der Waals surface area contributed by atoms with Crippen molar-refractivity contribution in [3.63, 3.8) is 0 Å². The molecule has 0 aliphatic heterocycles. The van der Waals surface area contributed by atoms with E-state index in [2.05, 4.69) is 6.58 Å². The van der Waals surface area contributed by atoms with Gasteiger partial charge in [0, 0.05) is 6.54 Å². The summed E-state index contributed by atoms with van der Waals surface area (Å²) in [6, 6.07) is 0. The molecule has 0 rings (SSSR count). The maximum Gasteiger partial charge on any atom is 0.511 e. The van der Waals surface area contributed by atoms with Gasteiger partial charge in [0.2, 0.25) is 0 Å². The minimum Gasteiger partial charge on any atom is -0.464 e. The van der Waals surface area contributed by atoms with Crippen LogP contribution in [0.4, 0.5) is 13.2 Å². The number of hydrogen-bond donors (Lipinski definition) is 1. The van der Waals surface area contributed by atoms with Crippen LogP contribution in [0.2, 0.25) is 0 Å². The highest BCUT2D eigenvalue weighted by Gasteiger charge is 2.45. The molecule has 0 saturated carbocycles. The smallest absolute Gasteiger partial charge is 0.464 e. The third-order valence-electron chi connectivity index (χ3n) is 3.25. The molecule has 5 nitrogen and oxygen atoms in total. The number of rotatable bonds is 9. The van der Waals surface area contributed by atoms with Crippen LogP contribution in [0.15, 0.2) is 12.7 Å². The first kappa shape index (κ1) is 19.9. The Morgan fingerprint density at radius 3 is 2.19 bits per heavy atom. The van der Waals surface area contributed by atoms with Gasteiger partial charge in [-0.15, -0.1) is 6.58 Å². The molecule has 0 fully saturated rings. The number of allylic oxidation sites excluding steroid dienone is 1. The van der Waals surface area contributed by atoms with Crippen molar-refractivity contribution in [2.45, 2.75) is 38.6 Å². The van der Waals surface area contributed by atoms with Gasteiger partial charge in [-0.05, 0) is 19.3 Å². The summed E-state index contributed by atoms with van der Waals surface area (Å²) in [5.74, 6) is -0.571. The van der Waals surface area contributed by atoms with Crippen molar-refractivity contribution in [2.75, 3.05) is 13.2 Å². The first-order chi connectivity index (χ1) is 9.56. The van der Waals surface area contributed by atoms with Gasteiger partial charge in [-0.2, -0.15) is 13.2 Å². The lowest BCUT2D eigenvalue weighted by molar-refractivity contribution is -0.156. The SMILES string of the molecule is C=CCC(CC)(CC)C(=O)OCCNS(=O)(=O)C(F)(F)F. The van der Waals surface area contributed by atoms with Crippen LogP contribution in [-0.4, -0.2) is 33.0 Å². The minimum atomic E-state index is -5.41. The Kier molecular flexibility index (Phi) is 7.38. The van der Waals surface area contributed by atoms with Gasteiger partial charge in [0.15, 0.2) is 0 Å². The number of halogens is 3. The van der Waals surface area contributed by atoms with Crippen LogP contribution < -0.4 is 4.72 Å². The molecular weight excluding hydrogens is 311 g/mol. The maximum absolute atomic E-state index is 12.0. The summed E-state index contributed by atoms with van der Waals surface area (Å²) in [5, 5.41) is 0. The molecule has 1 N–H and O–H groups in total. The molecule has 0 bridgehead atoms. The Bertz CT molecular complexity index is 456. The molecular formula is C12H20F3NO4S. The van der Waals surface area contributed by atoms with Crippen LogP contribution in [-0.2, 0) is 19.6 Å². The predicted octanol–water partition coefficient (Wildman–Crippen LogP) is 2.35. The summed E-state index contributed by atoms with van der Waals surface area (Å²) in [6.45, 7) is 6.04. The van der Waals surface area contributed by atoms with Gasteiger partial charge in [0.25, 0.3) is 0 Å². The van der Waals surface area contributed by atoms with Crippen LogP contribution in [0.5, 0.6) is 0 Å². The second-order valence-corrected chi connectivity index (χ2v) is 6.22. The third-order valence-corrected chi connectivity index (χ3v) is 4.45. The number of sulfonamides is 1. The number of esters is 1. The highest BCUT2D eigenvalue weighted by Crippen LogP contribution is 2.32. The summed E-state index contributed by atoms with van der Waals surface area (Å²) in [6.07, 6.45) is 2.93. The zero-order valence-corrected chi connectivity index (χ0v) is 12.8. The zero-order valence-electron chi connectivity index (χ0n) is 12.0. The van der Waals surface area contributed by atoms with E-state index in [-0.39, 0.29) is 0 Å². The summed E-state index contributed by atoms with van der Waals surface area (Å²) >= 11 is 0. The molecule has 0 unspecified atom stereocenters. The fourth-order valence-electron chi connectivity index (χ4n) is 1.74. The second-order valence-electron chi connectivity index (χ2n) is 4.46. The molecule has 9 heteroatoms. The van der Waals surface area contributed by atoms with Crippen molar-refractivity contribution in [1.29, 1.82) is 0 Å². The Hall–Kier alpha value is -1.09. The van der Waals surface area contributed by atoms with Crippen LogP contribution >= 0.6 is 0 Å². The van der Waals surface area contributed by atoms with E-state index in [9.17, 15) is 26.4 Å². The van der Waals surface area contributed by atoms with Crippen LogP contribution in [0.1, 0.15) is 33.1 Å². The van der Waals surface area contributed by atoms with Gasteiger partial charge in [0.1, 0.15) is 6.61 Å². The van der Waals surface area contributed by atoms with Crippen molar-refractivity contribution >= 4 is 16.0 Å². The average molecular weight is 331 g/mol. The van der Waals surface area contributed by atoms with Gasteiger partial charge < -0.3 is 4.74 Å². The Morgan fingerprint density at radius 2 is 1.81 bits per heavy atom. The molecule has 0 aromatic rings. The van der Waals surface area contributed by atoms with E-state index in [0.717, 1.165) is 0 Å². The lowest BCUT2D eigenvalue weighted by Gasteiger charge is -2.27. The van der Waals surface area contributed by atoms with Gasteiger partial charge in [0.05, 0.1) is 5.41 Å². The van der Waals surface area contributed by atoms with Gasteiger partial charge in [-0.3, -0.25) is 4.79 Å². The zero-order chi connectivity index (χ0) is 16.7. The quantitative estimate of drug-likeness (QED) is 0.400. The fraction of sp³-hybridized carbons (Fsp3) is 0.750. The number of carbonyl (C=O) groups is 1. The number of nitrogens with one attached hydrogen (secondary N) is 1. The number of ether oxygens (including phenoxy) is 1. The first-order valence-corrected chi connectivity index (χ1v) is 7.88. The molecule has 0 aliphatic rings. The summed E-state index contributed by atoms with van der Waals surface area (Å²) in [4.78, 5) is 12.0. The van der Waals surface area contributed by atoms with Crippen molar-refractivity contribution in [2.24, 2.45) is 5.41 Å². The topological polar surface area (TPSA) is 72.5 Å². The number of hydrogen-bond acceptors (Lipinski definition) is 4. The van der Waals surface area contributed by atoms with Crippen LogP contribution in [0.25, 0.3) is 0 Å². The largest absolute Gasteiger partial charge is 0.511 e. The van der Waals surface area contributed by atoms with Gasteiger partial charge in [-0.1, -0.05) is 19.9 Å². The Morgan fingerprint density at radius 1 is 1.29 bits per heavy atom. The average Bonchev–Trinajstić information content (AvgIpc) is 2.39. The normalized spacial score (nSPS) is 13.0. The predicted molar refractivity (Wildman–Crippen MR) is 71.8 cm³/mol. The van der Waals surface area contributed by atoms with E-state index in [1.165, 1.54) is 4.72 Å². The molecule has 0 spiro atoms. The molecule has 0 aromatic carbocycles. The lowest BCUT2D eigenvalue weighted by atomic mass is 9.79. The molecule has 0 atom stereocenters. The fourth-order valence-corrected chi connectivity index (χ4v) is 2.26. The third kappa shape index (κ3) is 5.31. The summed E-state index contributed by atoms with van der Waals surface area (Å²) in [7, 11) is -5.41. The van der Waals surface area contributed by atoms with E-state index in [1.807, 2.05) is 0 Å². The van der Waals surface area contributed by atoms with E-state index in [4.69, 9.17) is 4.74 Å². The molecule has 0 heterocycles. The molecule has 0 amide bonds. The van der Waals surface area contributed by atoms with Crippen molar-refractivity contribution in [3.05, 3.63) is 12.7 Å². The lowest BCUT2D eigenvalue weighted by Crippen LogP contribution is -2.39. The number of alkyl halides is 3.